The van der Waals surface area contributed by atoms with Crippen LogP contribution in [0.15, 0.2) is 18.2 Å². The van der Waals surface area contributed by atoms with Crippen molar-refractivity contribution in [3.63, 3.8) is 0 Å². The molecule has 0 aliphatic carbocycles. The van der Waals surface area contributed by atoms with Crippen LogP contribution in [-0.4, -0.2) is 6.04 Å². The summed E-state index contributed by atoms with van der Waals surface area (Å²) in [5, 5.41) is 0. The van der Waals surface area contributed by atoms with Crippen molar-refractivity contribution >= 4 is 22.6 Å². The van der Waals surface area contributed by atoms with Gasteiger partial charge in [-0.2, -0.15) is 0 Å². The number of hydrogen-bond donors (Lipinski definition) is 1. The molecule has 0 amide bonds. The maximum Gasteiger partial charge on any atom is 0.127 e. The van der Waals surface area contributed by atoms with Gasteiger partial charge in [-0.1, -0.05) is 6.07 Å². The van der Waals surface area contributed by atoms with Crippen LogP contribution in [0.4, 0.5) is 4.39 Å². The smallest absolute Gasteiger partial charge is 0.127 e. The van der Waals surface area contributed by atoms with E-state index >= 15 is 0 Å². The van der Waals surface area contributed by atoms with E-state index in [1.165, 1.54) is 6.07 Å². The predicted octanol–water partition coefficient (Wildman–Crippen LogP) is 2.32. The van der Waals surface area contributed by atoms with Crippen LogP contribution in [0, 0.1) is 9.39 Å². The maximum atomic E-state index is 13.2. The molecular weight excluding hydrogens is 268 g/mol. The summed E-state index contributed by atoms with van der Waals surface area (Å²) >= 11 is 2.12. The molecule has 66 valence electrons. The highest BCUT2D eigenvalue weighted by Gasteiger charge is 2.07. The van der Waals surface area contributed by atoms with Crippen LogP contribution < -0.4 is 5.73 Å². The van der Waals surface area contributed by atoms with Crippen LogP contribution in [-0.2, 0) is 6.42 Å². The number of nitrogens with two attached hydrogens (primary N) is 1. The minimum atomic E-state index is -0.154. The van der Waals surface area contributed by atoms with Crippen molar-refractivity contribution in [2.45, 2.75) is 19.4 Å². The number of hydrogen-bond acceptors (Lipinski definition) is 1. The normalized spacial score (nSPS) is 13.0. The Labute approximate surface area is 85.3 Å². The molecule has 1 aromatic carbocycles. The van der Waals surface area contributed by atoms with Gasteiger partial charge in [0, 0.05) is 15.2 Å². The van der Waals surface area contributed by atoms with Crippen LogP contribution in [0.1, 0.15) is 12.5 Å². The van der Waals surface area contributed by atoms with Gasteiger partial charge in [-0.05, 0) is 48.1 Å². The van der Waals surface area contributed by atoms with Crippen molar-refractivity contribution in [2.24, 2.45) is 5.73 Å². The molecule has 3 heteroatoms. The van der Waals surface area contributed by atoms with Gasteiger partial charge >= 0.3 is 0 Å². The molecule has 0 fully saturated rings. The van der Waals surface area contributed by atoms with Gasteiger partial charge < -0.3 is 5.73 Å². The second kappa shape index (κ2) is 4.18. The maximum absolute atomic E-state index is 13.2. The molecule has 0 bridgehead atoms. The Balaban J connectivity index is 2.96. The summed E-state index contributed by atoms with van der Waals surface area (Å²) in [5.74, 6) is -0.154. The van der Waals surface area contributed by atoms with Gasteiger partial charge in [0.05, 0.1) is 0 Å². The molecule has 0 saturated heterocycles. The number of benzene rings is 1. The minimum absolute atomic E-state index is 0.00964. The first-order valence-electron chi connectivity index (χ1n) is 3.79. The van der Waals surface area contributed by atoms with E-state index in [0.29, 0.717) is 6.42 Å². The highest BCUT2D eigenvalue weighted by Crippen LogP contribution is 2.16. The lowest BCUT2D eigenvalue weighted by molar-refractivity contribution is 0.594. The molecule has 2 N–H and O–H groups in total. The summed E-state index contributed by atoms with van der Waals surface area (Å²) in [6.45, 7) is 1.88. The minimum Gasteiger partial charge on any atom is -0.328 e. The third kappa shape index (κ3) is 2.42. The van der Waals surface area contributed by atoms with Gasteiger partial charge in [0.15, 0.2) is 0 Å². The van der Waals surface area contributed by atoms with Crippen molar-refractivity contribution in [1.82, 2.24) is 0 Å². The van der Waals surface area contributed by atoms with Gasteiger partial charge in [-0.15, -0.1) is 0 Å². The molecule has 1 nitrogen and oxygen atoms in total. The summed E-state index contributed by atoms with van der Waals surface area (Å²) in [6, 6.07) is 5.08. The van der Waals surface area contributed by atoms with Crippen LogP contribution in [0.5, 0.6) is 0 Å². The van der Waals surface area contributed by atoms with Crippen LogP contribution >= 0.6 is 22.6 Å². The molecule has 0 aromatic heterocycles. The predicted molar refractivity (Wildman–Crippen MR) is 56.5 cm³/mol. The molecule has 0 radical (unpaired) electrons. The van der Waals surface area contributed by atoms with Crippen molar-refractivity contribution in [2.75, 3.05) is 0 Å². The fraction of sp³-hybridized carbons (Fsp3) is 0.333. The van der Waals surface area contributed by atoms with Gasteiger partial charge in [0.25, 0.3) is 0 Å². The first-order valence-corrected chi connectivity index (χ1v) is 4.87. The van der Waals surface area contributed by atoms with Crippen molar-refractivity contribution < 1.29 is 4.39 Å². The third-order valence-corrected chi connectivity index (χ3v) is 2.60. The second-order valence-electron chi connectivity index (χ2n) is 2.88. The van der Waals surface area contributed by atoms with E-state index < -0.39 is 0 Å². The van der Waals surface area contributed by atoms with Crippen molar-refractivity contribution in [1.29, 1.82) is 0 Å². The molecule has 0 heterocycles. The molecule has 1 aromatic rings. The Morgan fingerprint density at radius 1 is 1.58 bits per heavy atom. The topological polar surface area (TPSA) is 26.0 Å². The molecule has 0 spiro atoms. The highest BCUT2D eigenvalue weighted by atomic mass is 127. The SMILES string of the molecule is CC(N)Cc1c(F)cccc1I. The summed E-state index contributed by atoms with van der Waals surface area (Å²) in [5.41, 5.74) is 6.32. The lowest BCUT2D eigenvalue weighted by Gasteiger charge is -2.08. The van der Waals surface area contributed by atoms with Crippen LogP contribution in [0.25, 0.3) is 0 Å². The van der Waals surface area contributed by atoms with Crippen molar-refractivity contribution in [3.05, 3.63) is 33.1 Å². The average molecular weight is 279 g/mol. The molecule has 1 atom stereocenters. The van der Waals surface area contributed by atoms with Gasteiger partial charge in [-0.25, -0.2) is 4.39 Å². The summed E-state index contributed by atoms with van der Waals surface area (Å²) < 4.78 is 14.1. The molecular formula is C9H11FIN. The van der Waals surface area contributed by atoms with Crippen LogP contribution in [0.3, 0.4) is 0 Å². The second-order valence-corrected chi connectivity index (χ2v) is 4.04. The molecule has 0 aliphatic rings. The third-order valence-electron chi connectivity index (χ3n) is 1.59. The Hall–Kier alpha value is -0.160. The highest BCUT2D eigenvalue weighted by molar-refractivity contribution is 14.1. The summed E-state index contributed by atoms with van der Waals surface area (Å²) in [4.78, 5) is 0. The monoisotopic (exact) mass is 279 g/mol. The van der Waals surface area contributed by atoms with Gasteiger partial charge in [0.2, 0.25) is 0 Å². The largest absolute Gasteiger partial charge is 0.328 e. The quantitative estimate of drug-likeness (QED) is 0.826. The fourth-order valence-corrected chi connectivity index (χ4v) is 1.73. The molecule has 12 heavy (non-hydrogen) atoms. The van der Waals surface area contributed by atoms with E-state index in [1.807, 2.05) is 13.0 Å². The zero-order chi connectivity index (χ0) is 9.14. The molecule has 1 rings (SSSR count). The molecule has 1 unspecified atom stereocenters. The summed E-state index contributed by atoms with van der Waals surface area (Å²) in [7, 11) is 0. The van der Waals surface area contributed by atoms with Gasteiger partial charge in [0.1, 0.15) is 5.82 Å². The van der Waals surface area contributed by atoms with E-state index in [-0.39, 0.29) is 11.9 Å². The first-order chi connectivity index (χ1) is 5.61. The molecule has 0 aliphatic heterocycles. The Morgan fingerprint density at radius 2 is 2.25 bits per heavy atom. The fourth-order valence-electron chi connectivity index (χ4n) is 1.05. The van der Waals surface area contributed by atoms with E-state index in [1.54, 1.807) is 6.07 Å². The summed E-state index contributed by atoms with van der Waals surface area (Å²) in [6.07, 6.45) is 0.602. The lowest BCUT2D eigenvalue weighted by Crippen LogP contribution is -2.19. The van der Waals surface area contributed by atoms with E-state index in [0.717, 1.165) is 9.13 Å². The number of rotatable bonds is 2. The van der Waals surface area contributed by atoms with E-state index in [2.05, 4.69) is 22.6 Å². The number of halogens is 2. The average Bonchev–Trinajstić information content (AvgIpc) is 1.97. The first kappa shape index (κ1) is 9.92. The van der Waals surface area contributed by atoms with Crippen molar-refractivity contribution in [3.8, 4) is 0 Å². The lowest BCUT2D eigenvalue weighted by atomic mass is 10.1. The van der Waals surface area contributed by atoms with E-state index in [4.69, 9.17) is 5.73 Å². The zero-order valence-corrected chi connectivity index (χ0v) is 9.01. The van der Waals surface area contributed by atoms with Crippen LogP contribution in [0.2, 0.25) is 0 Å². The Morgan fingerprint density at radius 3 is 2.75 bits per heavy atom. The standard InChI is InChI=1S/C9H11FIN/c1-6(12)5-7-8(10)3-2-4-9(7)11/h2-4,6H,5,12H2,1H3. The molecule has 0 saturated carbocycles. The Bertz CT molecular complexity index is 253. The van der Waals surface area contributed by atoms with Gasteiger partial charge in [-0.3, -0.25) is 0 Å². The Kier molecular flexibility index (Phi) is 3.46. The zero-order valence-electron chi connectivity index (χ0n) is 6.85. The van der Waals surface area contributed by atoms with E-state index in [9.17, 15) is 4.39 Å².